The van der Waals surface area contributed by atoms with Crippen molar-refractivity contribution >= 4 is 21.9 Å². The zero-order chi connectivity index (χ0) is 29.6. The molecule has 1 aliphatic rings. The van der Waals surface area contributed by atoms with E-state index in [4.69, 9.17) is 25.1 Å². The molecule has 3 aromatic carbocycles. The molecule has 2 N–H and O–H groups in total. The van der Waals surface area contributed by atoms with Gasteiger partial charge in [-0.25, -0.2) is 15.0 Å². The number of nitrogens with two attached hydrogens (primary N) is 1. The maximum atomic E-state index is 6.56. The Balaban J connectivity index is 1.48. The van der Waals surface area contributed by atoms with Gasteiger partial charge in [0.05, 0.1) is 0 Å². The minimum Gasteiger partial charge on any atom is -0.456 e. The second-order valence-corrected chi connectivity index (χ2v) is 11.1. The molecule has 6 nitrogen and oxygen atoms in total. The largest absolute Gasteiger partial charge is 0.456 e. The second kappa shape index (κ2) is 10.6. The lowest BCUT2D eigenvalue weighted by Gasteiger charge is -2.29. The van der Waals surface area contributed by atoms with Gasteiger partial charge in [-0.15, -0.1) is 0 Å². The van der Waals surface area contributed by atoms with Gasteiger partial charge in [-0.1, -0.05) is 75.4 Å². The number of nitrogens with zero attached hydrogens (tertiary/aromatic N) is 4. The lowest BCUT2D eigenvalue weighted by Crippen LogP contribution is -2.22. The summed E-state index contributed by atoms with van der Waals surface area (Å²) in [5.41, 5.74) is 14.1. The Morgan fingerprint density at radius 2 is 1.58 bits per heavy atom. The average molecular weight is 564 g/mol. The number of allylic oxidation sites excluding steroid dienone is 3. The van der Waals surface area contributed by atoms with E-state index in [9.17, 15) is 0 Å². The molecule has 212 valence electrons. The minimum absolute atomic E-state index is 0.0225. The van der Waals surface area contributed by atoms with Crippen molar-refractivity contribution in [3.63, 3.8) is 0 Å². The van der Waals surface area contributed by atoms with Gasteiger partial charge in [-0.05, 0) is 77.7 Å². The summed E-state index contributed by atoms with van der Waals surface area (Å²) in [4.78, 5) is 19.3. The third-order valence-corrected chi connectivity index (χ3v) is 8.91. The molecular formula is C37H33N5O. The number of fused-ring (bicyclic) bond motifs is 6. The molecule has 43 heavy (non-hydrogen) atoms. The van der Waals surface area contributed by atoms with Gasteiger partial charge in [0.25, 0.3) is 0 Å². The Morgan fingerprint density at radius 1 is 0.791 bits per heavy atom. The molecule has 0 bridgehead atoms. The van der Waals surface area contributed by atoms with Crippen molar-refractivity contribution in [3.05, 3.63) is 120 Å². The number of furan rings is 1. The Kier molecular flexibility index (Phi) is 6.62. The minimum atomic E-state index is -0.0725. The van der Waals surface area contributed by atoms with E-state index >= 15 is 0 Å². The van der Waals surface area contributed by atoms with E-state index in [2.05, 4.69) is 68.2 Å². The maximum Gasteiger partial charge on any atom is 0.182 e. The molecule has 0 saturated carbocycles. The van der Waals surface area contributed by atoms with Crippen molar-refractivity contribution < 1.29 is 4.42 Å². The van der Waals surface area contributed by atoms with Gasteiger partial charge in [0.15, 0.2) is 11.6 Å². The predicted molar refractivity (Wildman–Crippen MR) is 173 cm³/mol. The van der Waals surface area contributed by atoms with Gasteiger partial charge in [0, 0.05) is 33.9 Å². The molecule has 0 aliphatic heterocycles. The molecule has 3 aromatic heterocycles. The van der Waals surface area contributed by atoms with Crippen LogP contribution >= 0.6 is 0 Å². The smallest absolute Gasteiger partial charge is 0.182 e. The van der Waals surface area contributed by atoms with E-state index in [1.54, 1.807) is 12.3 Å². The first-order valence-corrected chi connectivity index (χ1v) is 14.9. The molecule has 0 saturated heterocycles. The molecular weight excluding hydrogens is 530 g/mol. The summed E-state index contributed by atoms with van der Waals surface area (Å²) in [6.45, 7) is 6.64. The average Bonchev–Trinajstić information content (AvgIpc) is 3.56. The fraction of sp³-hybridized carbons (Fsp3) is 0.189. The highest BCUT2D eigenvalue weighted by Gasteiger charge is 2.41. The van der Waals surface area contributed by atoms with Crippen molar-refractivity contribution in [1.29, 1.82) is 0 Å². The van der Waals surface area contributed by atoms with E-state index in [0.29, 0.717) is 23.2 Å². The first-order chi connectivity index (χ1) is 21.1. The first-order valence-electron chi connectivity index (χ1n) is 14.9. The number of benzene rings is 3. The van der Waals surface area contributed by atoms with E-state index < -0.39 is 0 Å². The standard InChI is InChI=1S/C37H33N5O/c1-4-37(5-2)28-16-7-6-14-24(28)26-21-27-32(22-29(26)37)43-31-18-12-15-25(33(27)31)35-40-34(23(3)13-8-10-19-38)41-36(42-35)30-17-9-11-20-39-30/h6-23H,4-5,38H2,1-3H3/b13-8-,19-10-. The van der Waals surface area contributed by atoms with Crippen molar-refractivity contribution in [2.45, 2.75) is 44.9 Å². The van der Waals surface area contributed by atoms with Crippen LogP contribution in [-0.4, -0.2) is 19.9 Å². The van der Waals surface area contributed by atoms with Gasteiger partial charge in [0.1, 0.15) is 22.7 Å². The lowest BCUT2D eigenvalue weighted by atomic mass is 9.74. The third kappa shape index (κ3) is 4.24. The molecule has 0 amide bonds. The van der Waals surface area contributed by atoms with E-state index in [-0.39, 0.29) is 11.3 Å². The molecule has 0 fully saturated rings. The van der Waals surface area contributed by atoms with Crippen LogP contribution in [0.3, 0.4) is 0 Å². The fourth-order valence-corrected chi connectivity index (χ4v) is 6.68. The van der Waals surface area contributed by atoms with E-state index in [1.165, 1.54) is 28.5 Å². The molecule has 1 aliphatic carbocycles. The highest BCUT2D eigenvalue weighted by Crippen LogP contribution is 2.54. The summed E-state index contributed by atoms with van der Waals surface area (Å²) in [5.74, 6) is 1.70. The van der Waals surface area contributed by atoms with Crippen LogP contribution in [0.2, 0.25) is 0 Å². The van der Waals surface area contributed by atoms with Gasteiger partial charge >= 0.3 is 0 Å². The first kappa shape index (κ1) is 26.8. The van der Waals surface area contributed by atoms with Crippen LogP contribution in [0.4, 0.5) is 0 Å². The van der Waals surface area contributed by atoms with Gasteiger partial charge in [-0.2, -0.15) is 0 Å². The summed E-state index contributed by atoms with van der Waals surface area (Å²) in [6.07, 6.45) is 11.0. The summed E-state index contributed by atoms with van der Waals surface area (Å²) in [7, 11) is 0. The van der Waals surface area contributed by atoms with Crippen molar-refractivity contribution in [2.24, 2.45) is 5.73 Å². The maximum absolute atomic E-state index is 6.56. The van der Waals surface area contributed by atoms with Crippen LogP contribution in [0.25, 0.3) is 56.0 Å². The Hall–Kier alpha value is -5.10. The Bertz CT molecular complexity index is 2040. The van der Waals surface area contributed by atoms with Crippen molar-refractivity contribution in [3.8, 4) is 34.0 Å². The van der Waals surface area contributed by atoms with Crippen LogP contribution in [0.5, 0.6) is 0 Å². The molecule has 0 spiro atoms. The summed E-state index contributed by atoms with van der Waals surface area (Å²) in [5, 5.41) is 2.06. The lowest BCUT2D eigenvalue weighted by molar-refractivity contribution is 0.490. The van der Waals surface area contributed by atoms with Crippen molar-refractivity contribution in [1.82, 2.24) is 19.9 Å². The molecule has 1 atom stereocenters. The Labute approximate surface area is 251 Å². The third-order valence-electron chi connectivity index (χ3n) is 8.91. The fourth-order valence-electron chi connectivity index (χ4n) is 6.68. The molecule has 0 radical (unpaired) electrons. The molecule has 1 unspecified atom stereocenters. The quantitative estimate of drug-likeness (QED) is 0.195. The summed E-state index contributed by atoms with van der Waals surface area (Å²) < 4.78 is 6.56. The number of aromatic nitrogens is 4. The Morgan fingerprint density at radius 3 is 2.37 bits per heavy atom. The number of hydrogen-bond acceptors (Lipinski definition) is 6. The summed E-state index contributed by atoms with van der Waals surface area (Å²) >= 11 is 0. The van der Waals surface area contributed by atoms with Crippen LogP contribution < -0.4 is 5.73 Å². The van der Waals surface area contributed by atoms with Crippen molar-refractivity contribution in [2.75, 3.05) is 0 Å². The van der Waals surface area contributed by atoms with Gasteiger partial charge < -0.3 is 10.2 Å². The van der Waals surface area contributed by atoms with Crippen LogP contribution in [-0.2, 0) is 5.41 Å². The molecule has 3 heterocycles. The number of rotatable bonds is 7. The second-order valence-electron chi connectivity index (χ2n) is 11.1. The van der Waals surface area contributed by atoms with E-state index in [1.807, 2.05) is 42.5 Å². The van der Waals surface area contributed by atoms with Crippen LogP contribution in [0, 0.1) is 0 Å². The molecule has 6 heteroatoms. The molecule has 7 rings (SSSR count). The SMILES string of the molecule is CCC1(CC)c2ccccc2-c2cc3c(cc21)oc1cccc(-c2nc(-c4ccccn4)nc(C(C)/C=C\C=C/N)n2)c13. The zero-order valence-electron chi connectivity index (χ0n) is 24.6. The topological polar surface area (TPSA) is 90.7 Å². The highest BCUT2D eigenvalue weighted by atomic mass is 16.3. The van der Waals surface area contributed by atoms with Crippen LogP contribution in [0.1, 0.15) is 56.5 Å². The summed E-state index contributed by atoms with van der Waals surface area (Å²) in [6, 6.07) is 25.3. The number of hydrogen-bond donors (Lipinski definition) is 1. The number of pyridine rings is 1. The normalized spacial score (nSPS) is 14.6. The van der Waals surface area contributed by atoms with Gasteiger partial charge in [-0.3, -0.25) is 4.98 Å². The van der Waals surface area contributed by atoms with Crippen LogP contribution in [0.15, 0.2) is 108 Å². The molecule has 6 aromatic rings. The highest BCUT2D eigenvalue weighted by molar-refractivity contribution is 6.13. The monoisotopic (exact) mass is 563 g/mol. The predicted octanol–water partition coefficient (Wildman–Crippen LogP) is 8.72. The van der Waals surface area contributed by atoms with Gasteiger partial charge in [0.2, 0.25) is 0 Å². The van der Waals surface area contributed by atoms with E-state index in [0.717, 1.165) is 40.3 Å². The zero-order valence-corrected chi connectivity index (χ0v) is 24.6.